The van der Waals surface area contributed by atoms with E-state index in [1.165, 1.54) is 25.7 Å². The first-order chi connectivity index (χ1) is 5.39. The van der Waals surface area contributed by atoms with Gasteiger partial charge in [0.2, 0.25) is 0 Å². The highest BCUT2D eigenvalue weighted by Gasteiger charge is 2.06. The van der Waals surface area contributed by atoms with Gasteiger partial charge in [-0.1, -0.05) is 25.7 Å². The van der Waals surface area contributed by atoms with Crippen LogP contribution in [0.15, 0.2) is 0 Å². The summed E-state index contributed by atoms with van der Waals surface area (Å²) in [4.78, 5) is 0. The van der Waals surface area contributed by atoms with Crippen molar-refractivity contribution in [2.24, 2.45) is 0 Å². The highest BCUT2D eigenvalue weighted by Crippen LogP contribution is 2.15. The number of aliphatic hydroxyl groups is 1. The molecule has 2 aliphatic rings. The summed E-state index contributed by atoms with van der Waals surface area (Å²) in [6.45, 7) is 1.97. The minimum absolute atomic E-state index is 0.0266. The molecule has 0 aromatic heterocycles. The van der Waals surface area contributed by atoms with Crippen molar-refractivity contribution >= 4 is 0 Å². The van der Waals surface area contributed by atoms with Gasteiger partial charge in [-0.05, 0) is 25.9 Å². The Balaban J connectivity index is 0.000000128. The van der Waals surface area contributed by atoms with E-state index in [2.05, 4.69) is 5.32 Å². The van der Waals surface area contributed by atoms with Gasteiger partial charge in [-0.25, -0.2) is 0 Å². The van der Waals surface area contributed by atoms with Crippen molar-refractivity contribution in [3.8, 4) is 0 Å². The molecule has 1 aliphatic carbocycles. The molecule has 0 unspecified atom stereocenters. The van der Waals surface area contributed by atoms with Crippen molar-refractivity contribution in [1.82, 2.24) is 5.32 Å². The van der Waals surface area contributed by atoms with Crippen molar-refractivity contribution < 1.29 is 5.11 Å². The Hall–Kier alpha value is -0.0800. The lowest BCUT2D eigenvalue weighted by Crippen LogP contribution is -2.30. The third kappa shape index (κ3) is 4.38. The number of rotatable bonds is 0. The summed E-state index contributed by atoms with van der Waals surface area (Å²) in [5.41, 5.74) is 0. The van der Waals surface area contributed by atoms with E-state index < -0.39 is 0 Å². The summed E-state index contributed by atoms with van der Waals surface area (Å²) in [6, 6.07) is 0. The van der Waals surface area contributed by atoms with Crippen LogP contribution in [0.25, 0.3) is 0 Å². The first-order valence-electron chi connectivity index (χ1n) is 4.78. The van der Waals surface area contributed by atoms with E-state index in [-0.39, 0.29) is 6.10 Å². The molecule has 2 rings (SSSR count). The fourth-order valence-corrected chi connectivity index (χ4v) is 1.06. The van der Waals surface area contributed by atoms with Gasteiger partial charge in [-0.3, -0.25) is 0 Å². The molecule has 1 heterocycles. The maximum absolute atomic E-state index is 8.87. The first-order valence-corrected chi connectivity index (χ1v) is 4.78. The Morgan fingerprint density at radius 1 is 0.909 bits per heavy atom. The zero-order valence-electron chi connectivity index (χ0n) is 7.18. The Morgan fingerprint density at radius 3 is 1.55 bits per heavy atom. The van der Waals surface area contributed by atoms with Crippen LogP contribution >= 0.6 is 0 Å². The van der Waals surface area contributed by atoms with Crippen molar-refractivity contribution in [3.05, 3.63) is 0 Å². The average molecular weight is 157 g/mol. The standard InChI is InChI=1S/C5H11NO.C4H8/c7-5-1-3-6-4-2-5;1-2-4-3-1/h5-7H,1-4H2;1-4H2. The molecule has 0 bridgehead atoms. The smallest absolute Gasteiger partial charge is 0.0564 e. The van der Waals surface area contributed by atoms with Crippen LogP contribution in [0.1, 0.15) is 38.5 Å². The SMILES string of the molecule is C1CCC1.OC1CCNCC1. The van der Waals surface area contributed by atoms with Gasteiger partial charge in [0, 0.05) is 0 Å². The van der Waals surface area contributed by atoms with Crippen molar-refractivity contribution in [1.29, 1.82) is 0 Å². The Kier molecular flexibility index (Phi) is 4.55. The van der Waals surface area contributed by atoms with E-state index in [4.69, 9.17) is 5.11 Å². The number of hydrogen-bond donors (Lipinski definition) is 2. The van der Waals surface area contributed by atoms with Gasteiger partial charge in [-0.2, -0.15) is 0 Å². The van der Waals surface area contributed by atoms with Crippen LogP contribution < -0.4 is 5.32 Å². The molecule has 11 heavy (non-hydrogen) atoms. The second kappa shape index (κ2) is 5.56. The van der Waals surface area contributed by atoms with Crippen LogP contribution in [-0.4, -0.2) is 24.3 Å². The van der Waals surface area contributed by atoms with Gasteiger partial charge in [0.1, 0.15) is 0 Å². The van der Waals surface area contributed by atoms with Gasteiger partial charge in [-0.15, -0.1) is 0 Å². The predicted molar refractivity (Wildman–Crippen MR) is 46.6 cm³/mol. The van der Waals surface area contributed by atoms with E-state index in [1.54, 1.807) is 0 Å². The zero-order valence-corrected chi connectivity index (χ0v) is 7.18. The fraction of sp³-hybridized carbons (Fsp3) is 1.00. The van der Waals surface area contributed by atoms with Crippen LogP contribution in [0.5, 0.6) is 0 Å². The minimum Gasteiger partial charge on any atom is -0.393 e. The minimum atomic E-state index is -0.0266. The zero-order chi connectivity index (χ0) is 7.94. The van der Waals surface area contributed by atoms with Crippen LogP contribution in [0, 0.1) is 0 Å². The molecule has 0 spiro atoms. The van der Waals surface area contributed by atoms with E-state index in [0.717, 1.165) is 25.9 Å². The van der Waals surface area contributed by atoms with E-state index in [0.29, 0.717) is 0 Å². The molecule has 2 fully saturated rings. The van der Waals surface area contributed by atoms with Crippen molar-refractivity contribution in [3.63, 3.8) is 0 Å². The summed E-state index contributed by atoms with van der Waals surface area (Å²) < 4.78 is 0. The lowest BCUT2D eigenvalue weighted by Gasteiger charge is -2.16. The largest absolute Gasteiger partial charge is 0.393 e. The Bertz CT molecular complexity index is 81.6. The van der Waals surface area contributed by atoms with Crippen LogP contribution in [0.2, 0.25) is 0 Å². The van der Waals surface area contributed by atoms with Gasteiger partial charge < -0.3 is 10.4 Å². The topological polar surface area (TPSA) is 32.3 Å². The monoisotopic (exact) mass is 157 g/mol. The Morgan fingerprint density at radius 2 is 1.36 bits per heavy atom. The molecule has 2 nitrogen and oxygen atoms in total. The van der Waals surface area contributed by atoms with E-state index in [9.17, 15) is 0 Å². The maximum atomic E-state index is 8.87. The molecule has 2 N–H and O–H groups in total. The number of nitrogens with one attached hydrogen (secondary N) is 1. The average Bonchev–Trinajstić information content (AvgIpc) is 1.85. The molecule has 1 aliphatic heterocycles. The molecule has 1 saturated carbocycles. The summed E-state index contributed by atoms with van der Waals surface area (Å²) in [7, 11) is 0. The van der Waals surface area contributed by atoms with Crippen LogP contribution in [-0.2, 0) is 0 Å². The van der Waals surface area contributed by atoms with Crippen LogP contribution in [0.3, 0.4) is 0 Å². The molecule has 0 aromatic rings. The number of piperidine rings is 1. The van der Waals surface area contributed by atoms with Gasteiger partial charge in [0.05, 0.1) is 6.10 Å². The van der Waals surface area contributed by atoms with Gasteiger partial charge in [0.15, 0.2) is 0 Å². The second-order valence-electron chi connectivity index (χ2n) is 3.40. The summed E-state index contributed by atoms with van der Waals surface area (Å²) in [5, 5.41) is 12.0. The quantitative estimate of drug-likeness (QED) is 0.555. The summed E-state index contributed by atoms with van der Waals surface area (Å²) >= 11 is 0. The first kappa shape index (κ1) is 9.01. The predicted octanol–water partition coefficient (Wildman–Crippen LogP) is 1.29. The van der Waals surface area contributed by atoms with E-state index in [1.807, 2.05) is 0 Å². The molecular formula is C9H19NO. The molecule has 2 heteroatoms. The summed E-state index contributed by atoms with van der Waals surface area (Å²) in [6.07, 6.45) is 7.83. The molecule has 0 atom stereocenters. The maximum Gasteiger partial charge on any atom is 0.0564 e. The fourth-order valence-electron chi connectivity index (χ4n) is 1.06. The molecule has 0 radical (unpaired) electrons. The third-order valence-corrected chi connectivity index (χ3v) is 2.31. The molecule has 0 aromatic carbocycles. The summed E-state index contributed by atoms with van der Waals surface area (Å²) in [5.74, 6) is 0. The molecule has 1 saturated heterocycles. The van der Waals surface area contributed by atoms with E-state index >= 15 is 0 Å². The highest BCUT2D eigenvalue weighted by molar-refractivity contribution is 4.65. The van der Waals surface area contributed by atoms with Crippen molar-refractivity contribution in [2.45, 2.75) is 44.6 Å². The van der Waals surface area contributed by atoms with Crippen LogP contribution in [0.4, 0.5) is 0 Å². The number of hydrogen-bond acceptors (Lipinski definition) is 2. The van der Waals surface area contributed by atoms with Crippen molar-refractivity contribution in [2.75, 3.05) is 13.1 Å². The van der Waals surface area contributed by atoms with Gasteiger partial charge >= 0.3 is 0 Å². The lowest BCUT2D eigenvalue weighted by molar-refractivity contribution is 0.137. The highest BCUT2D eigenvalue weighted by atomic mass is 16.3. The molecule has 0 amide bonds. The lowest BCUT2D eigenvalue weighted by atomic mass is 10.0. The normalized spacial score (nSPS) is 24.8. The second-order valence-corrected chi connectivity index (χ2v) is 3.40. The number of aliphatic hydroxyl groups excluding tert-OH is 1. The third-order valence-electron chi connectivity index (χ3n) is 2.31. The molecule has 66 valence electrons. The van der Waals surface area contributed by atoms with Gasteiger partial charge in [0.25, 0.3) is 0 Å². The molecular weight excluding hydrogens is 138 g/mol. The Labute approximate surface area is 69.0 Å².